The van der Waals surface area contributed by atoms with E-state index in [9.17, 15) is 9.59 Å². The van der Waals surface area contributed by atoms with Crippen molar-refractivity contribution in [2.75, 3.05) is 7.05 Å². The molecule has 0 fully saturated rings. The van der Waals surface area contributed by atoms with Crippen LogP contribution in [-0.2, 0) is 24.9 Å². The van der Waals surface area contributed by atoms with E-state index in [1.54, 1.807) is 22.8 Å². The van der Waals surface area contributed by atoms with Crippen LogP contribution in [0.1, 0.15) is 21.6 Å². The van der Waals surface area contributed by atoms with E-state index < -0.39 is 5.97 Å². The number of aliphatic carboxylic acids is 1. The number of carboxylic acid groups (broad SMARTS) is 1. The second kappa shape index (κ2) is 5.78. The minimum atomic E-state index is -1.00. The fourth-order valence-electron chi connectivity index (χ4n) is 1.95. The van der Waals surface area contributed by atoms with Crippen LogP contribution < -0.4 is 0 Å². The van der Waals surface area contributed by atoms with Crippen molar-refractivity contribution in [3.05, 3.63) is 35.4 Å². The standard InChI is InChI=1S/C13H17N5O3/c1-9-10(4-14-17(9)3)6-16(2)13(21)11-5-15-18(7-11)8-12(19)20/h4-5,7H,6,8H2,1-3H3,(H,19,20). The van der Waals surface area contributed by atoms with Gasteiger partial charge in [-0.3, -0.25) is 19.0 Å². The van der Waals surface area contributed by atoms with Gasteiger partial charge in [-0.15, -0.1) is 0 Å². The highest BCUT2D eigenvalue weighted by Gasteiger charge is 2.16. The van der Waals surface area contributed by atoms with E-state index in [2.05, 4.69) is 10.2 Å². The van der Waals surface area contributed by atoms with Gasteiger partial charge in [-0.1, -0.05) is 0 Å². The van der Waals surface area contributed by atoms with Gasteiger partial charge in [0.2, 0.25) is 0 Å². The molecule has 8 heteroatoms. The van der Waals surface area contributed by atoms with Crippen LogP contribution in [0.5, 0.6) is 0 Å². The average Bonchev–Trinajstić information content (AvgIpc) is 2.99. The van der Waals surface area contributed by atoms with Crippen molar-refractivity contribution in [2.24, 2.45) is 7.05 Å². The number of hydrogen-bond donors (Lipinski definition) is 1. The molecule has 0 unspecified atom stereocenters. The molecule has 0 radical (unpaired) electrons. The number of carbonyl (C=O) groups is 2. The van der Waals surface area contributed by atoms with Gasteiger partial charge in [0.25, 0.3) is 5.91 Å². The third-order valence-corrected chi connectivity index (χ3v) is 3.27. The van der Waals surface area contributed by atoms with Gasteiger partial charge in [0.05, 0.1) is 18.0 Å². The number of rotatable bonds is 5. The molecular formula is C13H17N5O3. The van der Waals surface area contributed by atoms with Crippen molar-refractivity contribution in [1.29, 1.82) is 0 Å². The van der Waals surface area contributed by atoms with Gasteiger partial charge < -0.3 is 10.0 Å². The van der Waals surface area contributed by atoms with Gasteiger partial charge in [0.1, 0.15) is 6.54 Å². The van der Waals surface area contributed by atoms with E-state index in [4.69, 9.17) is 5.11 Å². The summed E-state index contributed by atoms with van der Waals surface area (Å²) in [7, 11) is 3.53. The van der Waals surface area contributed by atoms with E-state index >= 15 is 0 Å². The number of carboxylic acids is 1. The second-order valence-electron chi connectivity index (χ2n) is 4.86. The minimum absolute atomic E-state index is 0.213. The first kappa shape index (κ1) is 14.8. The number of hydrogen-bond acceptors (Lipinski definition) is 4. The van der Waals surface area contributed by atoms with Crippen LogP contribution in [0, 0.1) is 6.92 Å². The molecule has 0 aliphatic heterocycles. The van der Waals surface area contributed by atoms with Gasteiger partial charge in [-0.05, 0) is 6.92 Å². The smallest absolute Gasteiger partial charge is 0.325 e. The first-order chi connectivity index (χ1) is 9.88. The maximum atomic E-state index is 12.3. The highest BCUT2D eigenvalue weighted by Crippen LogP contribution is 2.11. The summed E-state index contributed by atoms with van der Waals surface area (Å²) in [5.74, 6) is -1.22. The summed E-state index contributed by atoms with van der Waals surface area (Å²) in [6.07, 6.45) is 4.54. The number of nitrogens with zero attached hydrogens (tertiary/aromatic N) is 5. The van der Waals surface area contributed by atoms with Gasteiger partial charge >= 0.3 is 5.97 Å². The zero-order valence-corrected chi connectivity index (χ0v) is 12.1. The van der Waals surface area contributed by atoms with Crippen LogP contribution >= 0.6 is 0 Å². The lowest BCUT2D eigenvalue weighted by Gasteiger charge is -2.15. The highest BCUT2D eigenvalue weighted by atomic mass is 16.4. The van der Waals surface area contributed by atoms with Gasteiger partial charge in [-0.2, -0.15) is 10.2 Å². The predicted octanol–water partition coefficient (Wildman–Crippen LogP) is 0.282. The van der Waals surface area contributed by atoms with E-state index in [1.165, 1.54) is 17.1 Å². The molecule has 0 atom stereocenters. The van der Waals surface area contributed by atoms with Crippen LogP contribution in [0.4, 0.5) is 0 Å². The van der Waals surface area contributed by atoms with E-state index in [-0.39, 0.29) is 12.5 Å². The fraction of sp³-hybridized carbons (Fsp3) is 0.385. The number of amides is 1. The van der Waals surface area contributed by atoms with Crippen molar-refractivity contribution >= 4 is 11.9 Å². The molecule has 0 bridgehead atoms. The molecule has 112 valence electrons. The highest BCUT2D eigenvalue weighted by molar-refractivity contribution is 5.93. The summed E-state index contributed by atoms with van der Waals surface area (Å²) in [4.78, 5) is 24.4. The Kier molecular flexibility index (Phi) is 4.06. The van der Waals surface area contributed by atoms with E-state index in [1.807, 2.05) is 14.0 Å². The normalized spacial score (nSPS) is 10.6. The van der Waals surface area contributed by atoms with Crippen LogP contribution in [-0.4, -0.2) is 48.5 Å². The van der Waals surface area contributed by atoms with Gasteiger partial charge in [0, 0.05) is 38.1 Å². The third-order valence-electron chi connectivity index (χ3n) is 3.27. The van der Waals surface area contributed by atoms with Crippen molar-refractivity contribution in [2.45, 2.75) is 20.0 Å². The number of carbonyl (C=O) groups excluding carboxylic acids is 1. The van der Waals surface area contributed by atoms with Crippen molar-refractivity contribution in [3.8, 4) is 0 Å². The predicted molar refractivity (Wildman–Crippen MR) is 73.6 cm³/mol. The third kappa shape index (κ3) is 3.28. The van der Waals surface area contributed by atoms with Crippen molar-refractivity contribution in [1.82, 2.24) is 24.5 Å². The first-order valence-corrected chi connectivity index (χ1v) is 6.35. The molecule has 0 saturated carbocycles. The zero-order valence-electron chi connectivity index (χ0n) is 12.1. The summed E-state index contributed by atoms with van der Waals surface area (Å²) in [6.45, 7) is 2.10. The Bertz CT molecular complexity index is 673. The molecule has 0 aliphatic carbocycles. The van der Waals surface area contributed by atoms with Gasteiger partial charge in [-0.25, -0.2) is 0 Å². The number of aromatic nitrogens is 4. The lowest BCUT2D eigenvalue weighted by atomic mass is 10.2. The van der Waals surface area contributed by atoms with Crippen molar-refractivity contribution < 1.29 is 14.7 Å². The van der Waals surface area contributed by atoms with E-state index in [0.717, 1.165) is 11.3 Å². The molecule has 2 aromatic rings. The molecule has 2 heterocycles. The quantitative estimate of drug-likeness (QED) is 0.854. The lowest BCUT2D eigenvalue weighted by Crippen LogP contribution is -2.26. The summed E-state index contributed by atoms with van der Waals surface area (Å²) in [5.41, 5.74) is 2.32. The summed E-state index contributed by atoms with van der Waals surface area (Å²) < 4.78 is 2.97. The molecule has 0 spiro atoms. The number of aryl methyl sites for hydroxylation is 1. The van der Waals surface area contributed by atoms with E-state index in [0.29, 0.717) is 12.1 Å². The minimum Gasteiger partial charge on any atom is -0.480 e. The second-order valence-corrected chi connectivity index (χ2v) is 4.86. The molecule has 0 aliphatic rings. The van der Waals surface area contributed by atoms with Crippen LogP contribution in [0.3, 0.4) is 0 Å². The lowest BCUT2D eigenvalue weighted by molar-refractivity contribution is -0.137. The molecule has 2 aromatic heterocycles. The Hall–Kier alpha value is -2.64. The molecule has 8 nitrogen and oxygen atoms in total. The zero-order chi connectivity index (χ0) is 15.6. The Morgan fingerprint density at radius 1 is 1.33 bits per heavy atom. The van der Waals surface area contributed by atoms with Crippen molar-refractivity contribution in [3.63, 3.8) is 0 Å². The molecule has 1 amide bonds. The first-order valence-electron chi connectivity index (χ1n) is 6.35. The topological polar surface area (TPSA) is 93.2 Å². The molecule has 0 saturated heterocycles. The SMILES string of the molecule is Cc1c(CN(C)C(=O)c2cnn(CC(=O)O)c2)cnn1C. The van der Waals surface area contributed by atoms with Crippen LogP contribution in [0.15, 0.2) is 18.6 Å². The average molecular weight is 291 g/mol. The molecule has 0 aromatic carbocycles. The Morgan fingerprint density at radius 3 is 2.62 bits per heavy atom. The fourth-order valence-corrected chi connectivity index (χ4v) is 1.95. The Morgan fingerprint density at radius 2 is 2.05 bits per heavy atom. The summed E-state index contributed by atoms with van der Waals surface area (Å²) >= 11 is 0. The maximum absolute atomic E-state index is 12.3. The molecular weight excluding hydrogens is 274 g/mol. The summed E-state index contributed by atoms with van der Waals surface area (Å²) in [6, 6.07) is 0. The molecule has 1 N–H and O–H groups in total. The largest absolute Gasteiger partial charge is 0.480 e. The monoisotopic (exact) mass is 291 g/mol. The Balaban J connectivity index is 2.07. The van der Waals surface area contributed by atoms with Crippen LogP contribution in [0.2, 0.25) is 0 Å². The Labute approximate surface area is 121 Å². The van der Waals surface area contributed by atoms with Crippen LogP contribution in [0.25, 0.3) is 0 Å². The summed E-state index contributed by atoms with van der Waals surface area (Å²) in [5, 5.41) is 16.7. The maximum Gasteiger partial charge on any atom is 0.325 e. The molecule has 2 rings (SSSR count). The molecule has 21 heavy (non-hydrogen) atoms. The van der Waals surface area contributed by atoms with Gasteiger partial charge in [0.15, 0.2) is 0 Å².